The number of rotatable bonds is 5. The fourth-order valence-electron chi connectivity index (χ4n) is 2.85. The fourth-order valence-corrected chi connectivity index (χ4v) is 2.85. The molecule has 1 saturated heterocycles. The van der Waals surface area contributed by atoms with Gasteiger partial charge in [0.15, 0.2) is 6.61 Å². The van der Waals surface area contributed by atoms with Crippen LogP contribution in [0.4, 0.5) is 0 Å². The zero-order valence-electron chi connectivity index (χ0n) is 14.1. The molecule has 0 unspecified atom stereocenters. The van der Waals surface area contributed by atoms with E-state index in [4.69, 9.17) is 9.47 Å². The summed E-state index contributed by atoms with van der Waals surface area (Å²) >= 11 is 0. The zero-order chi connectivity index (χ0) is 16.8. The van der Waals surface area contributed by atoms with Crippen molar-refractivity contribution in [2.75, 3.05) is 26.8 Å². The van der Waals surface area contributed by atoms with Crippen LogP contribution < -0.4 is 4.74 Å². The number of likely N-dealkylation sites (tertiary alicyclic amines) is 1. The maximum atomic E-state index is 12.3. The Balaban J connectivity index is 1.86. The van der Waals surface area contributed by atoms with Crippen LogP contribution in [0.1, 0.15) is 38.2 Å². The number of benzene rings is 1. The highest BCUT2D eigenvalue weighted by molar-refractivity contribution is 5.78. The van der Waals surface area contributed by atoms with Crippen molar-refractivity contribution in [3.8, 4) is 5.75 Å². The molecule has 0 atom stereocenters. The molecule has 126 valence electrons. The summed E-state index contributed by atoms with van der Waals surface area (Å²) in [5.41, 5.74) is 1.10. The first-order valence-corrected chi connectivity index (χ1v) is 8.10. The van der Waals surface area contributed by atoms with E-state index in [1.165, 1.54) is 7.11 Å². The van der Waals surface area contributed by atoms with Crippen LogP contribution in [0.5, 0.6) is 5.75 Å². The summed E-state index contributed by atoms with van der Waals surface area (Å²) in [7, 11) is 1.40. The number of hydrogen-bond donors (Lipinski definition) is 0. The molecule has 2 rings (SSSR count). The molecule has 1 aromatic carbocycles. The van der Waals surface area contributed by atoms with Gasteiger partial charge in [-0.2, -0.15) is 0 Å². The van der Waals surface area contributed by atoms with E-state index in [1.807, 2.05) is 24.3 Å². The van der Waals surface area contributed by atoms with Crippen molar-refractivity contribution in [2.45, 2.75) is 32.6 Å². The molecular weight excluding hydrogens is 294 g/mol. The Labute approximate surface area is 137 Å². The minimum Gasteiger partial charge on any atom is -0.483 e. The van der Waals surface area contributed by atoms with Gasteiger partial charge in [-0.25, -0.2) is 0 Å². The number of esters is 1. The number of methoxy groups -OCH3 is 1. The van der Waals surface area contributed by atoms with E-state index in [0.29, 0.717) is 31.8 Å². The third-order valence-corrected chi connectivity index (χ3v) is 4.27. The molecule has 23 heavy (non-hydrogen) atoms. The Hall–Kier alpha value is -2.04. The molecule has 0 aliphatic carbocycles. The number of para-hydroxylation sites is 1. The Morgan fingerprint density at radius 1 is 1.22 bits per heavy atom. The molecule has 1 aliphatic heterocycles. The molecular formula is C18H25NO4. The van der Waals surface area contributed by atoms with Crippen molar-refractivity contribution in [3.63, 3.8) is 0 Å². The van der Waals surface area contributed by atoms with Crippen molar-refractivity contribution < 1.29 is 19.1 Å². The zero-order valence-corrected chi connectivity index (χ0v) is 14.1. The lowest BCUT2D eigenvalue weighted by atomic mass is 9.97. The topological polar surface area (TPSA) is 55.8 Å². The van der Waals surface area contributed by atoms with Gasteiger partial charge in [0.1, 0.15) is 5.75 Å². The first-order chi connectivity index (χ1) is 11.0. The molecule has 5 heteroatoms. The van der Waals surface area contributed by atoms with E-state index in [-0.39, 0.29) is 24.4 Å². The van der Waals surface area contributed by atoms with Crippen LogP contribution in [-0.2, 0) is 14.3 Å². The van der Waals surface area contributed by atoms with Gasteiger partial charge in [0, 0.05) is 13.1 Å². The minimum atomic E-state index is -0.181. The second-order valence-electron chi connectivity index (χ2n) is 6.16. The van der Waals surface area contributed by atoms with Gasteiger partial charge < -0.3 is 14.4 Å². The number of carbonyl (C=O) groups excluding carboxylic acids is 2. The SMILES string of the molecule is COC(=O)C1CCN(C(=O)COc2ccccc2C(C)C)CC1. The van der Waals surface area contributed by atoms with Gasteiger partial charge in [-0.15, -0.1) is 0 Å². The van der Waals surface area contributed by atoms with E-state index in [0.717, 1.165) is 11.3 Å². The predicted molar refractivity (Wildman–Crippen MR) is 87.3 cm³/mol. The van der Waals surface area contributed by atoms with Crippen molar-refractivity contribution in [1.29, 1.82) is 0 Å². The number of ether oxygens (including phenoxy) is 2. The van der Waals surface area contributed by atoms with Gasteiger partial charge in [0.25, 0.3) is 5.91 Å². The number of amides is 1. The Kier molecular flexibility index (Phi) is 6.02. The summed E-state index contributed by atoms with van der Waals surface area (Å²) < 4.78 is 10.5. The summed E-state index contributed by atoms with van der Waals surface area (Å²) in [6.07, 6.45) is 1.31. The molecule has 0 aromatic heterocycles. The van der Waals surface area contributed by atoms with Crippen molar-refractivity contribution in [2.24, 2.45) is 5.92 Å². The van der Waals surface area contributed by atoms with Gasteiger partial charge in [0.05, 0.1) is 13.0 Å². The Morgan fingerprint density at radius 2 is 1.87 bits per heavy atom. The highest BCUT2D eigenvalue weighted by Crippen LogP contribution is 2.26. The van der Waals surface area contributed by atoms with E-state index in [1.54, 1.807) is 4.90 Å². The van der Waals surface area contributed by atoms with Crippen molar-refractivity contribution >= 4 is 11.9 Å². The van der Waals surface area contributed by atoms with Crippen LogP contribution in [0, 0.1) is 5.92 Å². The standard InChI is InChI=1S/C18H25NO4/c1-13(2)15-6-4-5-7-16(15)23-12-17(20)19-10-8-14(9-11-19)18(21)22-3/h4-7,13-14H,8-12H2,1-3H3. The van der Waals surface area contributed by atoms with E-state index in [2.05, 4.69) is 13.8 Å². The molecule has 5 nitrogen and oxygen atoms in total. The highest BCUT2D eigenvalue weighted by Gasteiger charge is 2.28. The van der Waals surface area contributed by atoms with Gasteiger partial charge in [0.2, 0.25) is 0 Å². The molecule has 1 aliphatic rings. The van der Waals surface area contributed by atoms with Crippen LogP contribution >= 0.6 is 0 Å². The normalized spacial score (nSPS) is 15.6. The van der Waals surface area contributed by atoms with Gasteiger partial charge in [-0.05, 0) is 30.4 Å². The summed E-state index contributed by atoms with van der Waals surface area (Å²) in [6.45, 7) is 5.39. The van der Waals surface area contributed by atoms with Gasteiger partial charge in [-0.1, -0.05) is 32.0 Å². The van der Waals surface area contributed by atoms with Crippen LogP contribution in [0.2, 0.25) is 0 Å². The van der Waals surface area contributed by atoms with E-state index in [9.17, 15) is 9.59 Å². The average Bonchev–Trinajstić information content (AvgIpc) is 2.59. The molecule has 0 radical (unpaired) electrons. The van der Waals surface area contributed by atoms with Crippen LogP contribution in [-0.4, -0.2) is 43.6 Å². The van der Waals surface area contributed by atoms with Gasteiger partial charge in [-0.3, -0.25) is 9.59 Å². The lowest BCUT2D eigenvalue weighted by molar-refractivity contribution is -0.149. The lowest BCUT2D eigenvalue weighted by Crippen LogP contribution is -2.42. The quantitative estimate of drug-likeness (QED) is 0.783. The second kappa shape index (κ2) is 7.99. The largest absolute Gasteiger partial charge is 0.483 e. The summed E-state index contributed by atoms with van der Waals surface area (Å²) in [5.74, 6) is 0.801. The van der Waals surface area contributed by atoms with E-state index < -0.39 is 0 Å². The smallest absolute Gasteiger partial charge is 0.308 e. The third kappa shape index (κ3) is 4.47. The molecule has 1 amide bonds. The summed E-state index contributed by atoms with van der Waals surface area (Å²) in [5, 5.41) is 0. The number of nitrogens with zero attached hydrogens (tertiary/aromatic N) is 1. The number of piperidine rings is 1. The molecule has 1 aromatic rings. The van der Waals surface area contributed by atoms with Crippen molar-refractivity contribution in [3.05, 3.63) is 29.8 Å². The van der Waals surface area contributed by atoms with Crippen LogP contribution in [0.3, 0.4) is 0 Å². The number of carbonyl (C=O) groups is 2. The maximum absolute atomic E-state index is 12.3. The third-order valence-electron chi connectivity index (χ3n) is 4.27. The first kappa shape index (κ1) is 17.3. The van der Waals surface area contributed by atoms with E-state index >= 15 is 0 Å². The fraction of sp³-hybridized carbons (Fsp3) is 0.556. The predicted octanol–water partition coefficient (Wildman–Crippen LogP) is 2.60. The average molecular weight is 319 g/mol. The molecule has 1 heterocycles. The molecule has 1 fully saturated rings. The number of hydrogen-bond acceptors (Lipinski definition) is 4. The minimum absolute atomic E-state index is 0.0343. The van der Waals surface area contributed by atoms with Gasteiger partial charge >= 0.3 is 5.97 Å². The monoisotopic (exact) mass is 319 g/mol. The molecule has 0 bridgehead atoms. The Morgan fingerprint density at radius 3 is 2.48 bits per heavy atom. The maximum Gasteiger partial charge on any atom is 0.308 e. The first-order valence-electron chi connectivity index (χ1n) is 8.10. The Bertz CT molecular complexity index is 548. The van der Waals surface area contributed by atoms with Crippen molar-refractivity contribution in [1.82, 2.24) is 4.90 Å². The molecule has 0 spiro atoms. The lowest BCUT2D eigenvalue weighted by Gasteiger charge is -2.30. The highest BCUT2D eigenvalue weighted by atomic mass is 16.5. The second-order valence-corrected chi connectivity index (χ2v) is 6.16. The molecule has 0 saturated carbocycles. The van der Waals surface area contributed by atoms with Crippen LogP contribution in [0.15, 0.2) is 24.3 Å². The van der Waals surface area contributed by atoms with Crippen LogP contribution in [0.25, 0.3) is 0 Å². The summed E-state index contributed by atoms with van der Waals surface area (Å²) in [6, 6.07) is 7.80. The molecule has 0 N–H and O–H groups in total. The summed E-state index contributed by atoms with van der Waals surface area (Å²) in [4.78, 5) is 25.5.